The van der Waals surface area contributed by atoms with E-state index >= 15 is 0 Å². The van der Waals surface area contributed by atoms with Gasteiger partial charge in [-0.15, -0.1) is 0 Å². The van der Waals surface area contributed by atoms with Crippen molar-refractivity contribution in [1.29, 1.82) is 0 Å². The first-order valence-electron chi connectivity index (χ1n) is 8.68. The number of benzene rings is 1. The molecule has 140 valence electrons. The molecular formula is C17H25FN2O3S2. The standard InChI is InChI=1S/C17H25FN2O3S2/c1-23-17-4-3-15(13-16(17)18)25(21,22)20-8-2-7-19(9-10-20)14-5-11-24-12-6-14/h3-4,13-14H,2,5-12H2,1H3. The Morgan fingerprint density at radius 2 is 1.92 bits per heavy atom. The zero-order valence-electron chi connectivity index (χ0n) is 14.5. The van der Waals surface area contributed by atoms with Gasteiger partial charge in [0, 0.05) is 25.7 Å². The van der Waals surface area contributed by atoms with E-state index in [0.29, 0.717) is 19.1 Å². The lowest BCUT2D eigenvalue weighted by molar-refractivity contribution is 0.195. The average molecular weight is 389 g/mol. The molecule has 25 heavy (non-hydrogen) atoms. The Morgan fingerprint density at radius 3 is 2.60 bits per heavy atom. The number of ether oxygens (including phenoxy) is 1. The number of hydrogen-bond acceptors (Lipinski definition) is 5. The van der Waals surface area contributed by atoms with Gasteiger partial charge in [0.2, 0.25) is 10.0 Å². The van der Waals surface area contributed by atoms with Crippen LogP contribution in [0.3, 0.4) is 0 Å². The van der Waals surface area contributed by atoms with Gasteiger partial charge in [-0.25, -0.2) is 12.8 Å². The van der Waals surface area contributed by atoms with Gasteiger partial charge in [-0.05, 0) is 55.5 Å². The minimum atomic E-state index is -3.68. The highest BCUT2D eigenvalue weighted by Gasteiger charge is 2.30. The van der Waals surface area contributed by atoms with Gasteiger partial charge < -0.3 is 4.74 Å². The first kappa shape index (κ1) is 18.9. The minimum Gasteiger partial charge on any atom is -0.494 e. The molecule has 0 bridgehead atoms. The fourth-order valence-electron chi connectivity index (χ4n) is 3.53. The Morgan fingerprint density at radius 1 is 1.16 bits per heavy atom. The second-order valence-electron chi connectivity index (χ2n) is 6.43. The summed E-state index contributed by atoms with van der Waals surface area (Å²) >= 11 is 2.00. The van der Waals surface area contributed by atoms with Gasteiger partial charge in [0.25, 0.3) is 0 Å². The summed E-state index contributed by atoms with van der Waals surface area (Å²) in [4.78, 5) is 2.43. The molecule has 0 N–H and O–H groups in total. The number of hydrogen-bond donors (Lipinski definition) is 0. The van der Waals surface area contributed by atoms with Crippen molar-refractivity contribution in [3.8, 4) is 5.75 Å². The Balaban J connectivity index is 1.71. The second-order valence-corrected chi connectivity index (χ2v) is 9.60. The summed E-state index contributed by atoms with van der Waals surface area (Å²) < 4.78 is 46.0. The normalized spacial score (nSPS) is 21.8. The van der Waals surface area contributed by atoms with Gasteiger partial charge in [0.1, 0.15) is 0 Å². The largest absolute Gasteiger partial charge is 0.494 e. The zero-order chi connectivity index (χ0) is 17.9. The van der Waals surface area contributed by atoms with E-state index in [9.17, 15) is 12.8 Å². The Labute approximate surface area is 153 Å². The van der Waals surface area contributed by atoms with Gasteiger partial charge in [0.15, 0.2) is 11.6 Å². The van der Waals surface area contributed by atoms with Crippen LogP contribution in [0.4, 0.5) is 4.39 Å². The smallest absolute Gasteiger partial charge is 0.243 e. The van der Waals surface area contributed by atoms with Crippen LogP contribution >= 0.6 is 11.8 Å². The van der Waals surface area contributed by atoms with Crippen molar-refractivity contribution < 1.29 is 17.5 Å². The molecule has 0 aliphatic carbocycles. The second kappa shape index (κ2) is 8.24. The number of thioether (sulfide) groups is 1. The molecule has 0 saturated carbocycles. The molecule has 0 atom stereocenters. The highest BCUT2D eigenvalue weighted by Crippen LogP contribution is 2.26. The van der Waals surface area contributed by atoms with Crippen molar-refractivity contribution in [2.24, 2.45) is 0 Å². The highest BCUT2D eigenvalue weighted by atomic mass is 32.2. The third-order valence-corrected chi connectivity index (χ3v) is 7.90. The lowest BCUT2D eigenvalue weighted by Gasteiger charge is -2.33. The molecule has 0 unspecified atom stereocenters. The van der Waals surface area contributed by atoms with Crippen LogP contribution in [0.15, 0.2) is 23.1 Å². The molecule has 0 aromatic heterocycles. The molecule has 2 aliphatic rings. The number of rotatable bonds is 4. The molecular weight excluding hydrogens is 363 g/mol. The van der Waals surface area contributed by atoms with Crippen LogP contribution in [0.2, 0.25) is 0 Å². The molecule has 2 heterocycles. The van der Waals surface area contributed by atoms with Crippen molar-refractivity contribution >= 4 is 21.8 Å². The van der Waals surface area contributed by atoms with E-state index < -0.39 is 15.8 Å². The SMILES string of the molecule is COc1ccc(S(=O)(=O)N2CCCN(C3CCSCC3)CC2)cc1F. The van der Waals surface area contributed by atoms with E-state index in [0.717, 1.165) is 25.6 Å². The van der Waals surface area contributed by atoms with Gasteiger partial charge in [-0.2, -0.15) is 16.1 Å². The summed E-state index contributed by atoms with van der Waals surface area (Å²) in [5.41, 5.74) is 0. The Hall–Kier alpha value is -0.830. The van der Waals surface area contributed by atoms with Crippen molar-refractivity contribution in [1.82, 2.24) is 9.21 Å². The molecule has 2 saturated heterocycles. The molecule has 0 spiro atoms. The third-order valence-electron chi connectivity index (χ3n) is 4.96. The summed E-state index contributed by atoms with van der Waals surface area (Å²) in [5.74, 6) is 1.78. The van der Waals surface area contributed by atoms with Crippen LogP contribution < -0.4 is 4.74 Å². The molecule has 1 aromatic carbocycles. The molecule has 2 aliphatic heterocycles. The maximum absolute atomic E-state index is 13.9. The number of nitrogens with zero attached hydrogens (tertiary/aromatic N) is 2. The quantitative estimate of drug-likeness (QED) is 0.793. The van der Waals surface area contributed by atoms with Crippen molar-refractivity contribution in [2.45, 2.75) is 30.2 Å². The van der Waals surface area contributed by atoms with Gasteiger partial charge in [-0.1, -0.05) is 0 Å². The van der Waals surface area contributed by atoms with Crippen LogP contribution in [0.5, 0.6) is 5.75 Å². The summed E-state index contributed by atoms with van der Waals surface area (Å²) in [7, 11) is -2.32. The minimum absolute atomic E-state index is 0.00619. The lowest BCUT2D eigenvalue weighted by atomic mass is 10.1. The first-order valence-corrected chi connectivity index (χ1v) is 11.3. The number of methoxy groups -OCH3 is 1. The predicted molar refractivity (Wildman–Crippen MR) is 98.2 cm³/mol. The zero-order valence-corrected chi connectivity index (χ0v) is 16.1. The average Bonchev–Trinajstić information content (AvgIpc) is 2.89. The maximum Gasteiger partial charge on any atom is 0.243 e. The van der Waals surface area contributed by atoms with Crippen LogP contribution in [-0.2, 0) is 10.0 Å². The maximum atomic E-state index is 13.9. The molecule has 0 amide bonds. The van der Waals surface area contributed by atoms with E-state index in [1.807, 2.05) is 11.8 Å². The topological polar surface area (TPSA) is 49.9 Å². The Bertz CT molecular complexity index is 693. The van der Waals surface area contributed by atoms with Crippen LogP contribution in [0.1, 0.15) is 19.3 Å². The predicted octanol–water partition coefficient (Wildman–Crippen LogP) is 2.43. The molecule has 2 fully saturated rings. The van der Waals surface area contributed by atoms with E-state index in [-0.39, 0.29) is 10.6 Å². The van der Waals surface area contributed by atoms with Crippen LogP contribution in [0, 0.1) is 5.82 Å². The van der Waals surface area contributed by atoms with Crippen molar-refractivity contribution in [3.05, 3.63) is 24.0 Å². The fraction of sp³-hybridized carbons (Fsp3) is 0.647. The lowest BCUT2D eigenvalue weighted by Crippen LogP contribution is -2.41. The van der Waals surface area contributed by atoms with Crippen molar-refractivity contribution in [3.63, 3.8) is 0 Å². The third kappa shape index (κ3) is 4.30. The molecule has 1 aromatic rings. The summed E-state index contributed by atoms with van der Waals surface area (Å²) in [6, 6.07) is 4.40. The van der Waals surface area contributed by atoms with E-state index in [4.69, 9.17) is 4.74 Å². The van der Waals surface area contributed by atoms with Gasteiger partial charge in [0.05, 0.1) is 12.0 Å². The number of halogens is 1. The molecule has 8 heteroatoms. The van der Waals surface area contributed by atoms with E-state index in [1.165, 1.54) is 47.9 Å². The van der Waals surface area contributed by atoms with Crippen molar-refractivity contribution in [2.75, 3.05) is 44.8 Å². The Kier molecular flexibility index (Phi) is 6.25. The molecule has 5 nitrogen and oxygen atoms in total. The van der Waals surface area contributed by atoms with Gasteiger partial charge >= 0.3 is 0 Å². The number of sulfonamides is 1. The molecule has 3 rings (SSSR count). The van der Waals surface area contributed by atoms with Gasteiger partial charge in [-0.3, -0.25) is 4.90 Å². The summed E-state index contributed by atoms with van der Waals surface area (Å²) in [6.45, 7) is 2.61. The van der Waals surface area contributed by atoms with Crippen LogP contribution in [-0.4, -0.2) is 68.5 Å². The van der Waals surface area contributed by atoms with E-state index in [2.05, 4.69) is 4.90 Å². The fourth-order valence-corrected chi connectivity index (χ4v) is 6.09. The first-order chi connectivity index (χ1) is 12.0. The van der Waals surface area contributed by atoms with Crippen LogP contribution in [0.25, 0.3) is 0 Å². The monoisotopic (exact) mass is 388 g/mol. The van der Waals surface area contributed by atoms with E-state index in [1.54, 1.807) is 0 Å². The highest BCUT2D eigenvalue weighted by molar-refractivity contribution is 7.99. The summed E-state index contributed by atoms with van der Waals surface area (Å²) in [6.07, 6.45) is 3.17. The summed E-state index contributed by atoms with van der Waals surface area (Å²) in [5, 5.41) is 0. The molecule has 0 radical (unpaired) electrons.